The van der Waals surface area contributed by atoms with Crippen molar-refractivity contribution in [2.75, 3.05) is 71.0 Å². The number of aromatic nitrogens is 1. The zero-order chi connectivity index (χ0) is 19.6. The van der Waals surface area contributed by atoms with Gasteiger partial charge in [-0.2, -0.15) is 5.26 Å². The lowest BCUT2D eigenvalue weighted by Crippen LogP contribution is -2.43. The molecule has 4 heterocycles. The van der Waals surface area contributed by atoms with E-state index in [1.807, 2.05) is 11.0 Å². The van der Waals surface area contributed by atoms with Gasteiger partial charge in [0, 0.05) is 52.0 Å². The van der Waals surface area contributed by atoms with E-state index in [4.69, 9.17) is 9.47 Å². The Labute approximate surface area is 165 Å². The highest BCUT2D eigenvalue weighted by Crippen LogP contribution is 2.43. The first-order chi connectivity index (χ1) is 13.7. The molecule has 0 saturated carbocycles. The fourth-order valence-electron chi connectivity index (χ4n) is 4.61. The third-order valence-electron chi connectivity index (χ3n) is 6.28. The molecule has 0 aliphatic carbocycles. The number of morpholine rings is 1. The smallest absolute Gasteiger partial charge is 0.233 e. The van der Waals surface area contributed by atoms with Gasteiger partial charge in [0.1, 0.15) is 11.6 Å². The van der Waals surface area contributed by atoms with Crippen LogP contribution in [0.4, 0.5) is 5.69 Å². The van der Waals surface area contributed by atoms with Gasteiger partial charge in [-0.25, -0.2) is 4.98 Å². The number of likely N-dealkylation sites (tertiary alicyclic amines) is 1. The van der Waals surface area contributed by atoms with Crippen molar-refractivity contribution in [2.45, 2.75) is 12.8 Å². The summed E-state index contributed by atoms with van der Waals surface area (Å²) in [5.41, 5.74) is 0.927. The second-order valence-electron chi connectivity index (χ2n) is 7.77. The van der Waals surface area contributed by atoms with Gasteiger partial charge in [-0.05, 0) is 18.9 Å². The van der Waals surface area contributed by atoms with Crippen LogP contribution in [-0.4, -0.2) is 86.8 Å². The Kier molecular flexibility index (Phi) is 5.38. The number of rotatable bonds is 5. The van der Waals surface area contributed by atoms with Gasteiger partial charge in [-0.15, -0.1) is 0 Å². The van der Waals surface area contributed by atoms with Crippen LogP contribution in [0.15, 0.2) is 12.3 Å². The summed E-state index contributed by atoms with van der Waals surface area (Å²) in [7, 11) is 1.52. The minimum atomic E-state index is -0.325. The molecule has 3 aliphatic rings. The third kappa shape index (κ3) is 3.40. The number of anilines is 1. The SMILES string of the molecule is COc1nccc(N2CCC3(CCN(CCN4CCOCC4)C3=O)C2)c1C#N. The molecule has 1 aromatic heterocycles. The summed E-state index contributed by atoms with van der Waals surface area (Å²) in [6.45, 7) is 7.40. The number of hydrogen-bond acceptors (Lipinski definition) is 7. The summed E-state index contributed by atoms with van der Waals surface area (Å²) in [5, 5.41) is 9.55. The van der Waals surface area contributed by atoms with Crippen LogP contribution in [0.25, 0.3) is 0 Å². The molecule has 0 bridgehead atoms. The van der Waals surface area contributed by atoms with Gasteiger partial charge < -0.3 is 19.3 Å². The van der Waals surface area contributed by atoms with E-state index in [1.165, 1.54) is 7.11 Å². The second kappa shape index (κ2) is 7.94. The van der Waals surface area contributed by atoms with Crippen molar-refractivity contribution in [3.05, 3.63) is 17.8 Å². The maximum atomic E-state index is 13.2. The van der Waals surface area contributed by atoms with E-state index in [-0.39, 0.29) is 11.3 Å². The number of carbonyl (C=O) groups is 1. The topological polar surface area (TPSA) is 81.9 Å². The van der Waals surface area contributed by atoms with Crippen molar-refractivity contribution < 1.29 is 14.3 Å². The number of carbonyl (C=O) groups excluding carboxylic acids is 1. The third-order valence-corrected chi connectivity index (χ3v) is 6.28. The average molecular weight is 385 g/mol. The summed E-state index contributed by atoms with van der Waals surface area (Å²) in [4.78, 5) is 23.9. The predicted molar refractivity (Wildman–Crippen MR) is 103 cm³/mol. The molecule has 1 aromatic rings. The minimum Gasteiger partial charge on any atom is -0.480 e. The van der Waals surface area contributed by atoms with Gasteiger partial charge in [0.2, 0.25) is 11.8 Å². The zero-order valence-electron chi connectivity index (χ0n) is 16.4. The molecular weight excluding hydrogens is 358 g/mol. The molecule has 4 rings (SSSR count). The van der Waals surface area contributed by atoms with Gasteiger partial charge in [-0.3, -0.25) is 9.69 Å². The maximum Gasteiger partial charge on any atom is 0.233 e. The summed E-state index contributed by atoms with van der Waals surface area (Å²) >= 11 is 0. The molecule has 0 N–H and O–H groups in total. The van der Waals surface area contributed by atoms with Gasteiger partial charge in [-0.1, -0.05) is 0 Å². The first kappa shape index (κ1) is 19.0. The summed E-state index contributed by atoms with van der Waals surface area (Å²) in [5.74, 6) is 0.605. The van der Waals surface area contributed by atoms with Crippen LogP contribution >= 0.6 is 0 Å². The number of pyridine rings is 1. The van der Waals surface area contributed by atoms with E-state index >= 15 is 0 Å². The fourth-order valence-corrected chi connectivity index (χ4v) is 4.61. The molecule has 0 aromatic carbocycles. The lowest BCUT2D eigenvalue weighted by Gasteiger charge is -2.29. The summed E-state index contributed by atoms with van der Waals surface area (Å²) in [6.07, 6.45) is 3.37. The number of nitriles is 1. The molecule has 28 heavy (non-hydrogen) atoms. The molecule has 3 fully saturated rings. The van der Waals surface area contributed by atoms with Crippen LogP contribution in [0.2, 0.25) is 0 Å². The molecule has 3 saturated heterocycles. The first-order valence-corrected chi connectivity index (χ1v) is 9.94. The van der Waals surface area contributed by atoms with Gasteiger partial charge in [0.25, 0.3) is 0 Å². The van der Waals surface area contributed by atoms with Crippen LogP contribution in [-0.2, 0) is 9.53 Å². The Morgan fingerprint density at radius 3 is 2.79 bits per heavy atom. The van der Waals surface area contributed by atoms with Crippen LogP contribution < -0.4 is 9.64 Å². The molecule has 1 amide bonds. The number of nitrogens with zero attached hydrogens (tertiary/aromatic N) is 5. The molecule has 0 radical (unpaired) electrons. The Bertz CT molecular complexity index is 774. The molecule has 8 nitrogen and oxygen atoms in total. The average Bonchev–Trinajstić information content (AvgIpc) is 3.31. The Balaban J connectivity index is 1.42. The molecule has 8 heteroatoms. The minimum absolute atomic E-state index is 0.266. The number of methoxy groups -OCH3 is 1. The van der Waals surface area contributed by atoms with E-state index in [2.05, 4.69) is 20.9 Å². The quantitative estimate of drug-likeness (QED) is 0.739. The first-order valence-electron chi connectivity index (χ1n) is 9.94. The lowest BCUT2D eigenvalue weighted by molar-refractivity contribution is -0.135. The number of hydrogen-bond donors (Lipinski definition) is 0. The normalized spacial score (nSPS) is 25.5. The van der Waals surface area contributed by atoms with Gasteiger partial charge in [0.05, 0.1) is 31.4 Å². The molecule has 1 spiro atoms. The van der Waals surface area contributed by atoms with E-state index in [0.717, 1.165) is 71.0 Å². The van der Waals surface area contributed by atoms with Crippen molar-refractivity contribution in [1.29, 1.82) is 5.26 Å². The van der Waals surface area contributed by atoms with E-state index in [0.29, 0.717) is 18.0 Å². The molecule has 150 valence electrons. The molecule has 1 unspecified atom stereocenters. The van der Waals surface area contributed by atoms with Crippen molar-refractivity contribution in [1.82, 2.24) is 14.8 Å². The zero-order valence-corrected chi connectivity index (χ0v) is 16.4. The Morgan fingerprint density at radius 2 is 2.04 bits per heavy atom. The van der Waals surface area contributed by atoms with Crippen molar-refractivity contribution >= 4 is 11.6 Å². The fraction of sp³-hybridized carbons (Fsp3) is 0.650. The Hall–Kier alpha value is -2.37. The number of amides is 1. The van der Waals surface area contributed by atoms with Crippen LogP contribution in [0.5, 0.6) is 5.88 Å². The van der Waals surface area contributed by atoms with Crippen LogP contribution in [0, 0.1) is 16.7 Å². The lowest BCUT2D eigenvalue weighted by atomic mass is 9.85. The Morgan fingerprint density at radius 1 is 1.25 bits per heavy atom. The van der Waals surface area contributed by atoms with E-state index in [9.17, 15) is 10.1 Å². The standard InChI is InChI=1S/C20H27N5O3/c1-27-18-16(14-21)17(2-5-22-18)25-7-4-20(15-25)3-6-24(19(20)26)9-8-23-10-12-28-13-11-23/h2,5H,3-4,6-13,15H2,1H3. The summed E-state index contributed by atoms with van der Waals surface area (Å²) < 4.78 is 10.6. The predicted octanol–water partition coefficient (Wildman–Crippen LogP) is 0.723. The highest BCUT2D eigenvalue weighted by molar-refractivity contribution is 5.86. The van der Waals surface area contributed by atoms with Crippen LogP contribution in [0.1, 0.15) is 18.4 Å². The van der Waals surface area contributed by atoms with Gasteiger partial charge in [0.15, 0.2) is 0 Å². The second-order valence-corrected chi connectivity index (χ2v) is 7.77. The van der Waals surface area contributed by atoms with Crippen molar-refractivity contribution in [3.63, 3.8) is 0 Å². The highest BCUT2D eigenvalue weighted by Gasteiger charge is 2.50. The van der Waals surface area contributed by atoms with Gasteiger partial charge >= 0.3 is 0 Å². The largest absolute Gasteiger partial charge is 0.480 e. The summed E-state index contributed by atoms with van der Waals surface area (Å²) in [6, 6.07) is 4.05. The van der Waals surface area contributed by atoms with Crippen molar-refractivity contribution in [2.24, 2.45) is 5.41 Å². The van der Waals surface area contributed by atoms with E-state index in [1.54, 1.807) is 6.20 Å². The molecular formula is C20H27N5O3. The monoisotopic (exact) mass is 385 g/mol. The highest BCUT2D eigenvalue weighted by atomic mass is 16.5. The molecule has 3 aliphatic heterocycles. The maximum absolute atomic E-state index is 13.2. The van der Waals surface area contributed by atoms with Crippen LogP contribution in [0.3, 0.4) is 0 Å². The molecule has 1 atom stereocenters. The van der Waals surface area contributed by atoms with Crippen molar-refractivity contribution in [3.8, 4) is 11.9 Å². The van der Waals surface area contributed by atoms with E-state index < -0.39 is 0 Å². The number of ether oxygens (including phenoxy) is 2.